The molecule has 1 radical (unpaired) electrons. The third kappa shape index (κ3) is 4.82. The number of benzene rings is 2. The molecule has 0 fully saturated rings. The predicted molar refractivity (Wildman–Crippen MR) is 99.2 cm³/mol. The van der Waals surface area contributed by atoms with Crippen LogP contribution in [0.2, 0.25) is 0 Å². The van der Waals surface area contributed by atoms with Crippen molar-refractivity contribution in [3.63, 3.8) is 0 Å². The van der Waals surface area contributed by atoms with Gasteiger partial charge in [-0.25, -0.2) is 4.79 Å². The highest BCUT2D eigenvalue weighted by Gasteiger charge is 2.24. The molecule has 2 aromatic rings. The highest BCUT2D eigenvalue weighted by molar-refractivity contribution is 6.13. The van der Waals surface area contributed by atoms with Crippen molar-refractivity contribution < 1.29 is 33.4 Å². The molecule has 2 rings (SSSR count). The van der Waals surface area contributed by atoms with Crippen LogP contribution in [0.15, 0.2) is 42.5 Å². The van der Waals surface area contributed by atoms with Gasteiger partial charge >= 0.3 is 12.1 Å². The normalized spacial score (nSPS) is 10.3. The first-order valence-corrected chi connectivity index (χ1v) is 8.60. The van der Waals surface area contributed by atoms with Gasteiger partial charge in [0.1, 0.15) is 5.75 Å². The Hall–Kier alpha value is -3.48. The van der Waals surface area contributed by atoms with E-state index in [1.807, 2.05) is 0 Å². The van der Waals surface area contributed by atoms with E-state index in [2.05, 4.69) is 0 Å². The summed E-state index contributed by atoms with van der Waals surface area (Å²) in [6, 6.07) is 10.3. The highest BCUT2D eigenvalue weighted by Crippen LogP contribution is 2.29. The van der Waals surface area contributed by atoms with Crippen LogP contribution in [0.25, 0.3) is 0 Å². The van der Waals surface area contributed by atoms with Gasteiger partial charge in [0.25, 0.3) is 0 Å². The Morgan fingerprint density at radius 1 is 0.964 bits per heavy atom. The van der Waals surface area contributed by atoms with E-state index in [0.717, 1.165) is 0 Å². The molecule has 0 saturated heterocycles. The summed E-state index contributed by atoms with van der Waals surface area (Å²) in [6.07, 6.45) is 0.711. The van der Waals surface area contributed by atoms with E-state index in [1.54, 1.807) is 39.2 Å². The minimum absolute atomic E-state index is 0.0208. The van der Waals surface area contributed by atoms with Gasteiger partial charge in [0, 0.05) is 0 Å². The van der Waals surface area contributed by atoms with E-state index in [-0.39, 0.29) is 34.8 Å². The molecule has 0 aliphatic rings. The molecule has 0 heterocycles. The summed E-state index contributed by atoms with van der Waals surface area (Å²) >= 11 is 0. The lowest BCUT2D eigenvalue weighted by Crippen LogP contribution is -2.18. The fourth-order valence-electron chi connectivity index (χ4n) is 2.25. The van der Waals surface area contributed by atoms with Gasteiger partial charge in [-0.3, -0.25) is 14.4 Å². The Morgan fingerprint density at radius 2 is 1.64 bits per heavy atom. The van der Waals surface area contributed by atoms with Crippen molar-refractivity contribution in [3.05, 3.63) is 59.2 Å². The minimum Gasteiger partial charge on any atom is -0.434 e. The van der Waals surface area contributed by atoms with Crippen molar-refractivity contribution in [2.75, 3.05) is 6.61 Å². The second-order valence-electron chi connectivity index (χ2n) is 5.97. The Kier molecular flexibility index (Phi) is 7.03. The van der Waals surface area contributed by atoms with Crippen LogP contribution in [0.4, 0.5) is 4.79 Å². The zero-order chi connectivity index (χ0) is 20.7. The minimum atomic E-state index is -0.954. The van der Waals surface area contributed by atoms with Crippen LogP contribution < -0.4 is 9.47 Å². The lowest BCUT2D eigenvalue weighted by molar-refractivity contribution is -0.137. The number of esters is 1. The van der Waals surface area contributed by atoms with Crippen LogP contribution in [0.1, 0.15) is 42.3 Å². The topological polar surface area (TPSA) is 96.0 Å². The summed E-state index contributed by atoms with van der Waals surface area (Å²) in [5, 5.41) is 0. The number of hydrogen-bond acceptors (Lipinski definition) is 7. The Labute approximate surface area is 162 Å². The molecule has 0 N–H and O–H groups in total. The molecule has 0 atom stereocenters. The molecule has 0 aliphatic carbocycles. The first-order valence-electron chi connectivity index (χ1n) is 8.60. The molecule has 0 spiro atoms. The summed E-state index contributed by atoms with van der Waals surface area (Å²) in [5.74, 6) is -1.88. The van der Waals surface area contributed by atoms with Gasteiger partial charge in [-0.1, -0.05) is 32.0 Å². The molecule has 0 amide bonds. The molecular weight excluding hydrogens is 364 g/mol. The third-order valence-electron chi connectivity index (χ3n) is 3.63. The first kappa shape index (κ1) is 20.8. The second-order valence-corrected chi connectivity index (χ2v) is 5.97. The van der Waals surface area contributed by atoms with Crippen LogP contribution in [0.3, 0.4) is 0 Å². The van der Waals surface area contributed by atoms with E-state index < -0.39 is 23.8 Å². The van der Waals surface area contributed by atoms with E-state index >= 15 is 0 Å². The molecular formula is C21H19O7. The molecule has 0 aliphatic heterocycles. The van der Waals surface area contributed by atoms with Crippen LogP contribution in [0.5, 0.6) is 11.5 Å². The zero-order valence-corrected chi connectivity index (χ0v) is 15.7. The van der Waals surface area contributed by atoms with Gasteiger partial charge < -0.3 is 14.2 Å². The van der Waals surface area contributed by atoms with Crippen LogP contribution in [0, 0.1) is 5.92 Å². The fraction of sp³-hybridized carbons (Fsp3) is 0.238. The number of ketones is 1. The highest BCUT2D eigenvalue weighted by atomic mass is 16.7. The lowest BCUT2D eigenvalue weighted by Gasteiger charge is -2.14. The molecule has 0 aromatic heterocycles. The van der Waals surface area contributed by atoms with Crippen molar-refractivity contribution >= 4 is 24.2 Å². The van der Waals surface area contributed by atoms with Gasteiger partial charge in [0.15, 0.2) is 5.75 Å². The van der Waals surface area contributed by atoms with E-state index in [0.29, 0.717) is 0 Å². The predicted octanol–water partition coefficient (Wildman–Crippen LogP) is 3.47. The number of hydrogen-bond donors (Lipinski definition) is 0. The Morgan fingerprint density at radius 3 is 2.29 bits per heavy atom. The summed E-state index contributed by atoms with van der Waals surface area (Å²) in [6.45, 7) is 4.98. The number of rotatable bonds is 7. The van der Waals surface area contributed by atoms with Crippen molar-refractivity contribution in [1.82, 2.24) is 0 Å². The summed E-state index contributed by atoms with van der Waals surface area (Å²) in [7, 11) is 0. The fourth-order valence-corrected chi connectivity index (χ4v) is 2.25. The second kappa shape index (κ2) is 9.45. The SMILES string of the molecule is CCOC(=O)Oc1ccccc1C(=O)c1cccc([C]=O)c1OC(=O)C(C)C. The molecule has 28 heavy (non-hydrogen) atoms. The summed E-state index contributed by atoms with van der Waals surface area (Å²) in [4.78, 5) is 48.0. The monoisotopic (exact) mass is 383 g/mol. The maximum absolute atomic E-state index is 13.1. The van der Waals surface area contributed by atoms with E-state index in [1.165, 1.54) is 30.3 Å². The molecule has 7 heteroatoms. The van der Waals surface area contributed by atoms with Gasteiger partial charge in [-0.2, -0.15) is 0 Å². The average Bonchev–Trinajstić information content (AvgIpc) is 2.68. The Bertz CT molecular complexity index is 899. The lowest BCUT2D eigenvalue weighted by atomic mass is 9.99. The van der Waals surface area contributed by atoms with Gasteiger partial charge in [-0.05, 0) is 31.2 Å². The smallest absolute Gasteiger partial charge is 0.434 e. The van der Waals surface area contributed by atoms with Crippen molar-refractivity contribution in [2.24, 2.45) is 5.92 Å². The molecule has 145 valence electrons. The molecule has 2 aromatic carbocycles. The number of ether oxygens (including phenoxy) is 3. The largest absolute Gasteiger partial charge is 0.513 e. The maximum atomic E-state index is 13.1. The van der Waals surface area contributed by atoms with E-state index in [9.17, 15) is 19.2 Å². The number of carbonyl (C=O) groups is 3. The van der Waals surface area contributed by atoms with Crippen LogP contribution in [-0.4, -0.2) is 30.8 Å². The molecule has 0 bridgehead atoms. The van der Waals surface area contributed by atoms with Crippen molar-refractivity contribution in [1.29, 1.82) is 0 Å². The van der Waals surface area contributed by atoms with Gasteiger partial charge in [-0.15, -0.1) is 0 Å². The molecule has 0 saturated carbocycles. The standard InChI is InChI=1S/C21H19O7/c1-4-26-21(25)27-17-11-6-5-9-15(17)18(23)16-10-7-8-14(12-22)19(16)28-20(24)13(2)3/h5-11,13H,4H2,1-3H3. The first-order chi connectivity index (χ1) is 13.4. The quantitative estimate of drug-likeness (QED) is 0.313. The van der Waals surface area contributed by atoms with Gasteiger partial charge in [0.2, 0.25) is 12.1 Å². The molecule has 7 nitrogen and oxygen atoms in total. The van der Waals surface area contributed by atoms with Crippen LogP contribution >= 0.6 is 0 Å². The van der Waals surface area contributed by atoms with Gasteiger partial charge in [0.05, 0.1) is 29.2 Å². The maximum Gasteiger partial charge on any atom is 0.513 e. The van der Waals surface area contributed by atoms with Crippen molar-refractivity contribution in [3.8, 4) is 11.5 Å². The van der Waals surface area contributed by atoms with E-state index in [4.69, 9.17) is 14.2 Å². The van der Waals surface area contributed by atoms with Crippen molar-refractivity contribution in [2.45, 2.75) is 20.8 Å². The molecule has 0 unspecified atom stereocenters. The number of para-hydroxylation sites is 2. The van der Waals surface area contributed by atoms with Crippen LogP contribution in [-0.2, 0) is 14.3 Å². The summed E-state index contributed by atoms with van der Waals surface area (Å²) in [5.41, 5.74) is -0.0566. The average molecular weight is 383 g/mol. The number of carbonyl (C=O) groups excluding carboxylic acids is 4. The third-order valence-corrected chi connectivity index (χ3v) is 3.63. The zero-order valence-electron chi connectivity index (χ0n) is 15.7. The Balaban J connectivity index is 2.49. The summed E-state index contributed by atoms with van der Waals surface area (Å²) < 4.78 is 15.1.